The molecule has 0 aliphatic rings. The third-order valence-corrected chi connectivity index (χ3v) is 4.85. The number of likely N-dealkylation sites (N-methyl/N-ethyl adjacent to an activating group) is 1. The van der Waals surface area contributed by atoms with Crippen LogP contribution in [0.15, 0.2) is 59.2 Å². The summed E-state index contributed by atoms with van der Waals surface area (Å²) in [5, 5.41) is 2.83. The summed E-state index contributed by atoms with van der Waals surface area (Å²) in [5.74, 6) is 0.676. The van der Waals surface area contributed by atoms with E-state index < -0.39 is 0 Å². The van der Waals surface area contributed by atoms with Gasteiger partial charge in [0.1, 0.15) is 17.8 Å². The number of halogens is 1. The summed E-state index contributed by atoms with van der Waals surface area (Å²) in [7, 11) is 5.52. The predicted molar refractivity (Wildman–Crippen MR) is 120 cm³/mol. The topological polar surface area (TPSA) is 70.8 Å². The van der Waals surface area contributed by atoms with Gasteiger partial charge in [0, 0.05) is 26.2 Å². The van der Waals surface area contributed by atoms with E-state index in [4.69, 9.17) is 9.15 Å². The van der Waals surface area contributed by atoms with Crippen molar-refractivity contribution in [3.8, 4) is 5.75 Å². The number of carbonyl (C=O) groups is 1. The maximum absolute atomic E-state index is 13.3. The fourth-order valence-electron chi connectivity index (χ4n) is 3.21. The lowest BCUT2D eigenvalue weighted by molar-refractivity contribution is 0.0946. The molecule has 0 atom stereocenters. The van der Waals surface area contributed by atoms with Crippen LogP contribution in [0.1, 0.15) is 27.5 Å². The van der Waals surface area contributed by atoms with Crippen LogP contribution < -0.4 is 10.1 Å². The number of nitrogens with zero attached hydrogens (tertiary/aromatic N) is 3. The minimum Gasteiger partial charge on any atom is -0.497 e. The molecule has 0 bridgehead atoms. The average molecular weight is 441 g/mol. The number of methoxy groups -OCH3 is 1. The molecule has 3 aromatic rings. The molecular formula is C24H29FN4O3. The monoisotopic (exact) mass is 440 g/mol. The first-order chi connectivity index (χ1) is 15.4. The molecule has 3 rings (SSSR count). The molecule has 0 fully saturated rings. The number of hydrogen-bond acceptors (Lipinski definition) is 6. The number of benzene rings is 2. The molecule has 7 nitrogen and oxygen atoms in total. The molecular weight excluding hydrogens is 411 g/mol. The highest BCUT2D eigenvalue weighted by atomic mass is 19.1. The first-order valence-electron chi connectivity index (χ1n) is 10.4. The van der Waals surface area contributed by atoms with Crippen molar-refractivity contribution in [3.05, 3.63) is 83.3 Å². The average Bonchev–Trinajstić information content (AvgIpc) is 3.24. The number of ether oxygens (including phenoxy) is 1. The fourth-order valence-corrected chi connectivity index (χ4v) is 3.21. The molecule has 170 valence electrons. The van der Waals surface area contributed by atoms with Gasteiger partial charge in [0.05, 0.1) is 13.7 Å². The molecule has 0 aliphatic heterocycles. The van der Waals surface area contributed by atoms with Crippen LogP contribution in [0.2, 0.25) is 0 Å². The van der Waals surface area contributed by atoms with Gasteiger partial charge in [-0.25, -0.2) is 9.37 Å². The highest BCUT2D eigenvalue weighted by Gasteiger charge is 2.16. The quantitative estimate of drug-likeness (QED) is 0.493. The Morgan fingerprint density at radius 2 is 1.84 bits per heavy atom. The zero-order valence-corrected chi connectivity index (χ0v) is 18.7. The van der Waals surface area contributed by atoms with Gasteiger partial charge in [-0.05, 0) is 49.5 Å². The van der Waals surface area contributed by atoms with Gasteiger partial charge in [-0.2, -0.15) is 0 Å². The van der Waals surface area contributed by atoms with E-state index in [-0.39, 0.29) is 17.4 Å². The van der Waals surface area contributed by atoms with Crippen molar-refractivity contribution in [1.29, 1.82) is 0 Å². The summed E-state index contributed by atoms with van der Waals surface area (Å²) in [6.45, 7) is 2.81. The molecule has 1 aromatic heterocycles. The minimum absolute atomic E-state index is 0.252. The molecule has 0 radical (unpaired) electrons. The Balaban J connectivity index is 1.71. The Labute approximate surface area is 187 Å². The van der Waals surface area contributed by atoms with Crippen molar-refractivity contribution in [2.75, 3.05) is 34.3 Å². The van der Waals surface area contributed by atoms with Gasteiger partial charge < -0.3 is 19.4 Å². The van der Waals surface area contributed by atoms with E-state index in [0.717, 1.165) is 23.4 Å². The maximum Gasteiger partial charge on any atom is 0.273 e. The normalized spacial score (nSPS) is 11.2. The molecule has 0 spiro atoms. The summed E-state index contributed by atoms with van der Waals surface area (Å²) < 4.78 is 24.2. The lowest BCUT2D eigenvalue weighted by Crippen LogP contribution is -2.31. The molecule has 0 saturated heterocycles. The van der Waals surface area contributed by atoms with Crippen molar-refractivity contribution in [2.45, 2.75) is 19.6 Å². The first kappa shape index (κ1) is 23.4. The molecule has 0 saturated carbocycles. The highest BCUT2D eigenvalue weighted by Crippen LogP contribution is 2.18. The van der Waals surface area contributed by atoms with Crippen LogP contribution in [0.4, 0.5) is 4.39 Å². The second kappa shape index (κ2) is 11.4. The maximum atomic E-state index is 13.3. The van der Waals surface area contributed by atoms with Gasteiger partial charge in [0.2, 0.25) is 5.89 Å². The van der Waals surface area contributed by atoms with Crippen LogP contribution in [-0.2, 0) is 19.6 Å². The van der Waals surface area contributed by atoms with Crippen molar-refractivity contribution >= 4 is 5.91 Å². The van der Waals surface area contributed by atoms with E-state index in [2.05, 4.69) is 15.2 Å². The summed E-state index contributed by atoms with van der Waals surface area (Å²) in [4.78, 5) is 20.8. The van der Waals surface area contributed by atoms with Gasteiger partial charge in [0.15, 0.2) is 5.69 Å². The van der Waals surface area contributed by atoms with Crippen molar-refractivity contribution < 1.29 is 18.3 Å². The first-order valence-corrected chi connectivity index (χ1v) is 10.4. The number of amides is 1. The molecule has 1 amide bonds. The molecule has 0 unspecified atom stereocenters. The smallest absolute Gasteiger partial charge is 0.273 e. The third kappa shape index (κ3) is 7.18. The van der Waals surface area contributed by atoms with Gasteiger partial charge in [-0.3, -0.25) is 9.69 Å². The molecule has 2 aromatic carbocycles. The number of oxazole rings is 1. The number of nitrogens with one attached hydrogen (secondary N) is 1. The van der Waals surface area contributed by atoms with Crippen LogP contribution >= 0.6 is 0 Å². The highest BCUT2D eigenvalue weighted by molar-refractivity contribution is 5.91. The van der Waals surface area contributed by atoms with Crippen molar-refractivity contribution in [2.24, 2.45) is 0 Å². The third-order valence-electron chi connectivity index (χ3n) is 4.85. The number of carbonyl (C=O) groups excluding carboxylic acids is 1. The fraction of sp³-hybridized carbons (Fsp3) is 0.333. The predicted octanol–water partition coefficient (Wildman–Crippen LogP) is 3.32. The zero-order valence-electron chi connectivity index (χ0n) is 18.7. The van der Waals surface area contributed by atoms with Crippen molar-refractivity contribution in [1.82, 2.24) is 20.1 Å². The van der Waals surface area contributed by atoms with Crippen LogP contribution in [0.5, 0.6) is 5.75 Å². The molecule has 32 heavy (non-hydrogen) atoms. The Hall–Kier alpha value is -3.23. The van der Waals surface area contributed by atoms with E-state index in [0.29, 0.717) is 32.1 Å². The van der Waals surface area contributed by atoms with E-state index in [1.807, 2.05) is 43.3 Å². The van der Waals surface area contributed by atoms with Crippen LogP contribution in [0.3, 0.4) is 0 Å². The summed E-state index contributed by atoms with van der Waals surface area (Å²) in [5.41, 5.74) is 2.27. The number of hydrogen-bond donors (Lipinski definition) is 1. The van der Waals surface area contributed by atoms with Gasteiger partial charge >= 0.3 is 0 Å². The zero-order chi connectivity index (χ0) is 22.9. The van der Waals surface area contributed by atoms with E-state index in [1.165, 1.54) is 18.4 Å². The Morgan fingerprint density at radius 3 is 2.56 bits per heavy atom. The number of aromatic nitrogens is 1. The molecule has 8 heteroatoms. The van der Waals surface area contributed by atoms with E-state index >= 15 is 0 Å². The summed E-state index contributed by atoms with van der Waals surface area (Å²) in [6.07, 6.45) is 1.38. The second-order valence-electron chi connectivity index (χ2n) is 7.81. The van der Waals surface area contributed by atoms with Crippen LogP contribution in [0, 0.1) is 5.82 Å². The van der Waals surface area contributed by atoms with Gasteiger partial charge in [-0.1, -0.05) is 24.3 Å². The number of rotatable bonds is 11. The second-order valence-corrected chi connectivity index (χ2v) is 7.81. The molecule has 1 N–H and O–H groups in total. The van der Waals surface area contributed by atoms with Crippen LogP contribution in [0.25, 0.3) is 0 Å². The Kier molecular flexibility index (Phi) is 8.35. The van der Waals surface area contributed by atoms with Crippen LogP contribution in [-0.4, -0.2) is 55.0 Å². The standard InChI is InChI=1S/C24H29FN4O3/c1-28(2)12-11-26-24(30)22-17-32-23(27-22)16-29(14-18-7-9-20(25)10-8-18)15-19-5-4-6-21(13-19)31-3/h4-10,13,17H,11-12,14-16H2,1-3H3,(H,26,30). The SMILES string of the molecule is COc1cccc(CN(Cc2ccc(F)cc2)Cc2nc(C(=O)NCCN(C)C)co2)c1. The molecule has 1 heterocycles. The Morgan fingerprint density at radius 1 is 1.09 bits per heavy atom. The lowest BCUT2D eigenvalue weighted by Gasteiger charge is -2.21. The van der Waals surface area contributed by atoms with Gasteiger partial charge in [-0.15, -0.1) is 0 Å². The van der Waals surface area contributed by atoms with E-state index in [1.54, 1.807) is 19.2 Å². The summed E-state index contributed by atoms with van der Waals surface area (Å²) >= 11 is 0. The lowest BCUT2D eigenvalue weighted by atomic mass is 10.1. The summed E-state index contributed by atoms with van der Waals surface area (Å²) in [6, 6.07) is 14.2. The van der Waals surface area contributed by atoms with Gasteiger partial charge in [0.25, 0.3) is 5.91 Å². The van der Waals surface area contributed by atoms with Crippen molar-refractivity contribution in [3.63, 3.8) is 0 Å². The Bertz CT molecular complexity index is 1000. The van der Waals surface area contributed by atoms with E-state index in [9.17, 15) is 9.18 Å². The minimum atomic E-state index is -0.272. The largest absolute Gasteiger partial charge is 0.497 e. The molecule has 0 aliphatic carbocycles.